The molecule has 2 aromatic heterocycles. The Bertz CT molecular complexity index is 3240. The number of ketones is 1. The van der Waals surface area contributed by atoms with Gasteiger partial charge in [-0.2, -0.15) is 0 Å². The molecule has 11 nitrogen and oxygen atoms in total. The number of likely N-dealkylation sites (tertiary alicyclic amines) is 4. The van der Waals surface area contributed by atoms with Crippen LogP contribution < -0.4 is 18.9 Å². The van der Waals surface area contributed by atoms with E-state index in [0.29, 0.717) is 103 Å². The molecule has 6 heterocycles. The summed E-state index contributed by atoms with van der Waals surface area (Å²) in [6.07, 6.45) is 9.44. The number of rotatable bonds is 22. The van der Waals surface area contributed by atoms with E-state index < -0.39 is 23.1 Å². The second kappa shape index (κ2) is 24.6. The Hall–Kier alpha value is -6.59. The molecule has 12 rings (SSSR count). The molecule has 6 aromatic carbocycles. The van der Waals surface area contributed by atoms with Crippen molar-refractivity contribution in [2.45, 2.75) is 51.4 Å². The Kier molecular flexibility index (Phi) is 16.6. The van der Waals surface area contributed by atoms with Crippen LogP contribution >= 0.6 is 22.7 Å². The molecule has 4 aliphatic heterocycles. The zero-order chi connectivity index (χ0) is 54.5. The molecule has 0 unspecified atom stereocenters. The topological polar surface area (TPSA) is 107 Å². The lowest BCUT2D eigenvalue weighted by atomic mass is 9.87. The lowest BCUT2D eigenvalue weighted by Crippen LogP contribution is -2.25. The fraction of sp³-hybridized carbons (Fsp3) is 0.369. The van der Waals surface area contributed by atoms with Crippen LogP contribution in [0.2, 0.25) is 0 Å². The molecule has 0 amide bonds. The van der Waals surface area contributed by atoms with E-state index in [1.807, 2.05) is 72.8 Å². The summed E-state index contributed by atoms with van der Waals surface area (Å²) in [5, 5.41) is 22.7. The van der Waals surface area contributed by atoms with E-state index in [9.17, 15) is 10.2 Å². The van der Waals surface area contributed by atoms with Crippen LogP contribution in [0.1, 0.15) is 67.3 Å². The quantitative estimate of drug-likeness (QED) is 0.0634. The zero-order valence-corrected chi connectivity index (χ0v) is 46.8. The van der Waals surface area contributed by atoms with Crippen molar-refractivity contribution in [3.8, 4) is 77.6 Å². The maximum atomic E-state index is 16.4. The molecule has 0 aliphatic carbocycles. The van der Waals surface area contributed by atoms with Gasteiger partial charge in [0.25, 0.3) is 0 Å². The fourth-order valence-electron chi connectivity index (χ4n) is 12.0. The Morgan fingerprint density at radius 1 is 0.425 bits per heavy atom. The highest BCUT2D eigenvalue weighted by Gasteiger charge is 2.30. The van der Waals surface area contributed by atoms with Gasteiger partial charge in [-0.3, -0.25) is 24.4 Å². The number of thiophene rings is 2. The van der Waals surface area contributed by atoms with Crippen molar-refractivity contribution in [1.29, 1.82) is 0 Å². The smallest absolute Gasteiger partial charge is 0.194 e. The lowest BCUT2D eigenvalue weighted by Gasteiger charge is -2.19. The standard InChI is InChI=1S/C65H68F2N4O7S2/c66-59-55(72)23-21-51-57(62(79-64(51)59)43-9-13-45(14-10-43)75-37-33-68-25-1-2-26-68)53-41-47(77-39-35-70-29-5-6-30-70)17-19-49(53)61(74)50-20-18-48(78-40-36-71-31-7-8-32-71)42-54(50)58-52-22-24-56(73)60(67)65(52)80-63(58)44-11-15-46(16-12-44)76-38-34-69-27-3-4-28-69/h9-24,41-42,72-73H,1-8,25-40H2. The van der Waals surface area contributed by atoms with Gasteiger partial charge in [-0.15, -0.1) is 22.7 Å². The number of carbonyl (C=O) groups is 1. The molecule has 15 heteroatoms. The molecule has 416 valence electrons. The summed E-state index contributed by atoms with van der Waals surface area (Å²) in [6, 6.07) is 32.7. The van der Waals surface area contributed by atoms with Crippen LogP contribution in [0, 0.1) is 11.6 Å². The third-order valence-electron chi connectivity index (χ3n) is 16.3. The van der Waals surface area contributed by atoms with E-state index in [0.717, 1.165) is 115 Å². The molecule has 0 bridgehead atoms. The van der Waals surface area contributed by atoms with E-state index in [2.05, 4.69) is 19.6 Å². The van der Waals surface area contributed by atoms with Crippen molar-refractivity contribution in [2.75, 3.05) is 105 Å². The van der Waals surface area contributed by atoms with Gasteiger partial charge in [-0.05, 0) is 235 Å². The van der Waals surface area contributed by atoms with Gasteiger partial charge in [-0.25, -0.2) is 8.78 Å². The fourth-order valence-corrected chi connectivity index (χ4v) is 14.5. The van der Waals surface area contributed by atoms with Gasteiger partial charge >= 0.3 is 0 Å². The van der Waals surface area contributed by atoms with Crippen molar-refractivity contribution in [2.24, 2.45) is 0 Å². The van der Waals surface area contributed by atoms with Crippen LogP contribution in [0.25, 0.3) is 63.3 Å². The molecule has 80 heavy (non-hydrogen) atoms. The summed E-state index contributed by atoms with van der Waals surface area (Å²) in [5.74, 6) is -0.226. The first kappa shape index (κ1) is 54.0. The van der Waals surface area contributed by atoms with E-state index >= 15 is 13.6 Å². The summed E-state index contributed by atoms with van der Waals surface area (Å²) < 4.78 is 58.7. The van der Waals surface area contributed by atoms with E-state index in [1.54, 1.807) is 24.3 Å². The number of phenols is 2. The summed E-state index contributed by atoms with van der Waals surface area (Å²) in [7, 11) is 0. The van der Waals surface area contributed by atoms with Crippen LogP contribution in [0.4, 0.5) is 8.78 Å². The second-order valence-electron chi connectivity index (χ2n) is 21.5. The molecule has 0 atom stereocenters. The van der Waals surface area contributed by atoms with Gasteiger partial charge in [0.15, 0.2) is 28.9 Å². The number of benzene rings is 6. The Morgan fingerprint density at radius 2 is 0.738 bits per heavy atom. The monoisotopic (exact) mass is 1120 g/mol. The molecule has 4 aliphatic rings. The molecular weight excluding hydrogens is 1050 g/mol. The number of halogens is 2. The Balaban J connectivity index is 0.978. The Morgan fingerprint density at radius 3 is 1.07 bits per heavy atom. The average molecular weight is 1120 g/mol. The highest BCUT2D eigenvalue weighted by molar-refractivity contribution is 7.23. The molecule has 2 N–H and O–H groups in total. The van der Waals surface area contributed by atoms with Crippen LogP contribution in [-0.2, 0) is 0 Å². The maximum absolute atomic E-state index is 16.4. The predicted molar refractivity (Wildman–Crippen MR) is 317 cm³/mol. The van der Waals surface area contributed by atoms with Gasteiger partial charge in [0.1, 0.15) is 49.4 Å². The van der Waals surface area contributed by atoms with E-state index in [-0.39, 0.29) is 15.2 Å². The minimum atomic E-state index is -0.743. The van der Waals surface area contributed by atoms with Gasteiger partial charge in [0.2, 0.25) is 0 Å². The lowest BCUT2D eigenvalue weighted by molar-refractivity contribution is 0.104. The van der Waals surface area contributed by atoms with Gasteiger partial charge in [0, 0.05) is 69.0 Å². The summed E-state index contributed by atoms with van der Waals surface area (Å²) in [4.78, 5) is 27.2. The minimum absolute atomic E-state index is 0.249. The number of ether oxygens (including phenoxy) is 4. The first-order chi connectivity index (χ1) is 39.2. The average Bonchev–Trinajstić information content (AvgIpc) is 4.38. The first-order valence-corrected chi connectivity index (χ1v) is 30.2. The van der Waals surface area contributed by atoms with Gasteiger partial charge < -0.3 is 29.2 Å². The molecule has 8 aromatic rings. The number of nitrogens with zero attached hydrogens (tertiary/aromatic N) is 4. The molecule has 0 saturated carbocycles. The van der Waals surface area contributed by atoms with E-state index in [1.165, 1.54) is 60.5 Å². The van der Waals surface area contributed by atoms with Crippen molar-refractivity contribution in [3.05, 3.63) is 132 Å². The van der Waals surface area contributed by atoms with Crippen molar-refractivity contribution in [3.63, 3.8) is 0 Å². The number of hydrogen-bond acceptors (Lipinski definition) is 13. The second-order valence-corrected chi connectivity index (χ2v) is 23.6. The minimum Gasteiger partial charge on any atom is -0.505 e. The number of fused-ring (bicyclic) bond motifs is 2. The summed E-state index contributed by atoms with van der Waals surface area (Å²) in [5.41, 5.74) is 4.50. The molecule has 4 fully saturated rings. The van der Waals surface area contributed by atoms with Crippen LogP contribution in [0.5, 0.6) is 34.5 Å². The highest BCUT2D eigenvalue weighted by Crippen LogP contribution is 2.52. The van der Waals surface area contributed by atoms with Crippen molar-refractivity contribution < 1.29 is 42.7 Å². The summed E-state index contributed by atoms with van der Waals surface area (Å²) in [6.45, 7) is 13.6. The van der Waals surface area contributed by atoms with Crippen LogP contribution in [0.3, 0.4) is 0 Å². The van der Waals surface area contributed by atoms with Crippen molar-refractivity contribution in [1.82, 2.24) is 19.6 Å². The SMILES string of the molecule is O=C(c1ccc(OCCN2CCCC2)cc1-c1c(-c2ccc(OCCN3CCCC3)cc2)sc2c(F)c(O)ccc12)c1ccc(OCCN2CCCC2)cc1-c1c(-c2ccc(OCCN3CCCC3)cc2)sc2c(F)c(O)ccc12. The van der Waals surface area contributed by atoms with Crippen LogP contribution in [-0.4, -0.2) is 141 Å². The molecule has 4 saturated heterocycles. The Labute approximate surface area is 474 Å². The number of hydrogen-bond donors (Lipinski definition) is 2. The normalized spacial score (nSPS) is 16.4. The predicted octanol–water partition coefficient (Wildman–Crippen LogP) is 13.6. The van der Waals surface area contributed by atoms with E-state index in [4.69, 9.17) is 18.9 Å². The number of aromatic hydroxyl groups is 2. The maximum Gasteiger partial charge on any atom is 0.194 e. The number of carbonyl (C=O) groups excluding carboxylic acids is 1. The zero-order valence-electron chi connectivity index (χ0n) is 45.2. The third kappa shape index (κ3) is 11.8. The van der Waals surface area contributed by atoms with Gasteiger partial charge in [0.05, 0.1) is 9.40 Å². The summed E-state index contributed by atoms with van der Waals surface area (Å²) >= 11 is 2.43. The first-order valence-electron chi connectivity index (χ1n) is 28.6. The highest BCUT2D eigenvalue weighted by atomic mass is 32.1. The molecule has 0 spiro atoms. The third-order valence-corrected chi connectivity index (χ3v) is 18.8. The largest absolute Gasteiger partial charge is 0.505 e. The molecular formula is C65H68F2N4O7S2. The molecule has 0 radical (unpaired) electrons. The number of phenolic OH excluding ortho intramolecular Hbond substituents is 2. The van der Waals surface area contributed by atoms with Gasteiger partial charge in [-0.1, -0.05) is 0 Å². The van der Waals surface area contributed by atoms with Crippen molar-refractivity contribution >= 4 is 48.6 Å². The van der Waals surface area contributed by atoms with Crippen LogP contribution in [0.15, 0.2) is 109 Å².